The van der Waals surface area contributed by atoms with Crippen molar-refractivity contribution in [2.75, 3.05) is 18.5 Å². The Balaban J connectivity index is 1.97. The van der Waals surface area contributed by atoms with Crippen LogP contribution in [-0.4, -0.2) is 18.6 Å². The lowest BCUT2D eigenvalue weighted by molar-refractivity contribution is 0.713. The number of benzene rings is 1. The third-order valence-electron chi connectivity index (χ3n) is 2.76. The summed E-state index contributed by atoms with van der Waals surface area (Å²) in [4.78, 5) is 6.82. The molecule has 0 atom stereocenters. The molecule has 102 valence electrons. The van der Waals surface area contributed by atoms with E-state index in [2.05, 4.69) is 74.7 Å². The Hall–Kier alpha value is -0.910. The maximum atomic E-state index is 4.63. The van der Waals surface area contributed by atoms with Gasteiger partial charge in [0, 0.05) is 30.0 Å². The third-order valence-corrected chi connectivity index (χ3v) is 4.29. The molecule has 0 radical (unpaired) electrons. The minimum absolute atomic E-state index is 0.846. The van der Waals surface area contributed by atoms with Gasteiger partial charge < -0.3 is 10.2 Å². The van der Waals surface area contributed by atoms with Crippen LogP contribution in [-0.2, 0) is 13.1 Å². The summed E-state index contributed by atoms with van der Waals surface area (Å²) in [7, 11) is 2.08. The number of thiazole rings is 1. The normalized spacial score (nSPS) is 10.7. The minimum Gasteiger partial charge on any atom is -0.347 e. The van der Waals surface area contributed by atoms with Gasteiger partial charge in [-0.25, -0.2) is 4.98 Å². The van der Waals surface area contributed by atoms with E-state index in [4.69, 9.17) is 0 Å². The van der Waals surface area contributed by atoms with Crippen LogP contribution in [0, 0.1) is 0 Å². The number of halogens is 1. The van der Waals surface area contributed by atoms with Gasteiger partial charge in [0.2, 0.25) is 0 Å². The lowest BCUT2D eigenvalue weighted by Gasteiger charge is -2.15. The highest BCUT2D eigenvalue weighted by Crippen LogP contribution is 2.21. The van der Waals surface area contributed by atoms with Crippen LogP contribution in [0.3, 0.4) is 0 Å². The summed E-state index contributed by atoms with van der Waals surface area (Å²) in [6.07, 6.45) is 0. The van der Waals surface area contributed by atoms with E-state index in [0.29, 0.717) is 0 Å². The molecule has 1 heterocycles. The first-order valence-electron chi connectivity index (χ1n) is 6.29. The molecule has 0 fully saturated rings. The van der Waals surface area contributed by atoms with E-state index in [1.54, 1.807) is 11.3 Å². The van der Waals surface area contributed by atoms with Crippen molar-refractivity contribution in [3.63, 3.8) is 0 Å². The second-order valence-electron chi connectivity index (χ2n) is 4.38. The molecule has 0 aliphatic rings. The number of nitrogens with zero attached hydrogens (tertiary/aromatic N) is 2. The van der Waals surface area contributed by atoms with Crippen molar-refractivity contribution >= 4 is 32.4 Å². The lowest BCUT2D eigenvalue weighted by Crippen LogP contribution is -2.17. The molecule has 1 aromatic heterocycles. The fraction of sp³-hybridized carbons (Fsp3) is 0.357. The van der Waals surface area contributed by atoms with E-state index in [9.17, 15) is 0 Å². The van der Waals surface area contributed by atoms with Gasteiger partial charge in [-0.15, -0.1) is 11.3 Å². The zero-order chi connectivity index (χ0) is 13.7. The zero-order valence-electron chi connectivity index (χ0n) is 11.2. The van der Waals surface area contributed by atoms with E-state index in [1.165, 1.54) is 5.56 Å². The molecule has 3 nitrogen and oxygen atoms in total. The fourth-order valence-corrected chi connectivity index (χ4v) is 2.79. The van der Waals surface area contributed by atoms with E-state index in [-0.39, 0.29) is 0 Å². The molecule has 0 bridgehead atoms. The maximum absolute atomic E-state index is 4.63. The van der Waals surface area contributed by atoms with Crippen LogP contribution in [0.4, 0.5) is 5.13 Å². The Kier molecular flexibility index (Phi) is 5.36. The van der Waals surface area contributed by atoms with Crippen molar-refractivity contribution in [1.82, 2.24) is 10.3 Å². The molecule has 2 rings (SSSR count). The summed E-state index contributed by atoms with van der Waals surface area (Å²) >= 11 is 5.15. The topological polar surface area (TPSA) is 28.2 Å². The molecule has 19 heavy (non-hydrogen) atoms. The van der Waals surface area contributed by atoms with Gasteiger partial charge in [0.25, 0.3) is 0 Å². The van der Waals surface area contributed by atoms with Gasteiger partial charge in [0.1, 0.15) is 0 Å². The van der Waals surface area contributed by atoms with Gasteiger partial charge in [0.15, 0.2) is 5.13 Å². The molecule has 0 saturated carbocycles. The van der Waals surface area contributed by atoms with Gasteiger partial charge in [-0.05, 0) is 24.2 Å². The Bertz CT molecular complexity index is 510. The Labute approximate surface area is 126 Å². The van der Waals surface area contributed by atoms with Crippen LogP contribution in [0.5, 0.6) is 0 Å². The van der Waals surface area contributed by atoms with Crippen molar-refractivity contribution < 1.29 is 0 Å². The molecular weight excluding hydrogens is 322 g/mol. The predicted molar refractivity (Wildman–Crippen MR) is 85.7 cm³/mol. The van der Waals surface area contributed by atoms with Gasteiger partial charge in [-0.2, -0.15) is 0 Å². The first-order valence-corrected chi connectivity index (χ1v) is 7.97. The Morgan fingerprint density at radius 3 is 2.74 bits per heavy atom. The van der Waals surface area contributed by atoms with Crippen molar-refractivity contribution in [3.05, 3.63) is 45.4 Å². The number of nitrogens with one attached hydrogen (secondary N) is 1. The van der Waals surface area contributed by atoms with Gasteiger partial charge in [-0.1, -0.05) is 35.0 Å². The fourth-order valence-electron chi connectivity index (χ4n) is 1.74. The van der Waals surface area contributed by atoms with Gasteiger partial charge >= 0.3 is 0 Å². The van der Waals surface area contributed by atoms with Gasteiger partial charge in [-0.3, -0.25) is 0 Å². The second kappa shape index (κ2) is 7.03. The van der Waals surface area contributed by atoms with E-state index >= 15 is 0 Å². The third kappa shape index (κ3) is 4.30. The van der Waals surface area contributed by atoms with Crippen LogP contribution < -0.4 is 10.2 Å². The lowest BCUT2D eigenvalue weighted by atomic mass is 10.2. The van der Waals surface area contributed by atoms with Crippen LogP contribution >= 0.6 is 27.3 Å². The van der Waals surface area contributed by atoms with Gasteiger partial charge in [0.05, 0.1) is 5.69 Å². The molecule has 0 spiro atoms. The molecule has 5 heteroatoms. The minimum atomic E-state index is 0.846. The number of rotatable bonds is 6. The van der Waals surface area contributed by atoms with E-state index in [0.717, 1.165) is 34.9 Å². The molecule has 2 aromatic rings. The molecule has 0 unspecified atom stereocenters. The van der Waals surface area contributed by atoms with E-state index < -0.39 is 0 Å². The second-order valence-corrected chi connectivity index (χ2v) is 6.14. The SMILES string of the molecule is CCNCc1csc(N(C)Cc2ccc(Br)cc2)n1. The van der Waals surface area contributed by atoms with Crippen LogP contribution in [0.2, 0.25) is 0 Å². The number of anilines is 1. The molecular formula is C14H18BrN3S. The molecule has 0 amide bonds. The number of hydrogen-bond donors (Lipinski definition) is 1. The standard InChI is InChI=1S/C14H18BrN3S/c1-3-16-8-13-10-19-14(17-13)18(2)9-11-4-6-12(15)7-5-11/h4-7,10,16H,3,8-9H2,1-2H3. The monoisotopic (exact) mass is 339 g/mol. The quantitative estimate of drug-likeness (QED) is 0.870. The Morgan fingerprint density at radius 2 is 2.05 bits per heavy atom. The molecule has 1 N–H and O–H groups in total. The van der Waals surface area contributed by atoms with Crippen molar-refractivity contribution in [1.29, 1.82) is 0 Å². The highest BCUT2D eigenvalue weighted by molar-refractivity contribution is 9.10. The molecule has 0 saturated heterocycles. The van der Waals surface area contributed by atoms with E-state index in [1.807, 2.05) is 0 Å². The summed E-state index contributed by atoms with van der Waals surface area (Å²) in [5.74, 6) is 0. The average Bonchev–Trinajstić information content (AvgIpc) is 2.88. The summed E-state index contributed by atoms with van der Waals surface area (Å²) in [6, 6.07) is 8.41. The molecule has 0 aliphatic heterocycles. The van der Waals surface area contributed by atoms with Crippen LogP contribution in [0.1, 0.15) is 18.2 Å². The van der Waals surface area contributed by atoms with Crippen LogP contribution in [0.25, 0.3) is 0 Å². The zero-order valence-corrected chi connectivity index (χ0v) is 13.6. The summed E-state index contributed by atoms with van der Waals surface area (Å²) in [5.41, 5.74) is 2.40. The molecule has 0 aliphatic carbocycles. The summed E-state index contributed by atoms with van der Waals surface area (Å²) < 4.78 is 1.11. The highest BCUT2D eigenvalue weighted by Gasteiger charge is 2.07. The predicted octanol–water partition coefficient (Wildman–Crippen LogP) is 3.65. The average molecular weight is 340 g/mol. The summed E-state index contributed by atoms with van der Waals surface area (Å²) in [5, 5.41) is 6.48. The Morgan fingerprint density at radius 1 is 1.32 bits per heavy atom. The largest absolute Gasteiger partial charge is 0.347 e. The maximum Gasteiger partial charge on any atom is 0.185 e. The van der Waals surface area contributed by atoms with Crippen molar-refractivity contribution in [3.8, 4) is 0 Å². The summed E-state index contributed by atoms with van der Waals surface area (Å²) in [6.45, 7) is 4.80. The van der Waals surface area contributed by atoms with Crippen LogP contribution in [0.15, 0.2) is 34.1 Å². The van der Waals surface area contributed by atoms with Crippen molar-refractivity contribution in [2.45, 2.75) is 20.0 Å². The number of hydrogen-bond acceptors (Lipinski definition) is 4. The molecule has 1 aromatic carbocycles. The highest BCUT2D eigenvalue weighted by atomic mass is 79.9. The number of aromatic nitrogens is 1. The first-order chi connectivity index (χ1) is 9.19. The first kappa shape index (κ1) is 14.5. The van der Waals surface area contributed by atoms with Crippen molar-refractivity contribution in [2.24, 2.45) is 0 Å². The smallest absolute Gasteiger partial charge is 0.185 e.